The summed E-state index contributed by atoms with van der Waals surface area (Å²) in [5.74, 6) is 0.867. The van der Waals surface area contributed by atoms with E-state index >= 15 is 0 Å². The Kier molecular flexibility index (Phi) is 4.52. The Bertz CT molecular complexity index is 399. The van der Waals surface area contributed by atoms with E-state index in [9.17, 15) is 0 Å². The minimum Gasteiger partial charge on any atom is -0.367 e. The maximum absolute atomic E-state index is 6.44. The standard InChI is InChI=1S/C15H23ClN2/c1-11(2)18(10-12-7-8-12)15-13(9-17-3)5-4-6-14(15)16/h4-6,11-12,17H,7-10H2,1-3H3. The summed E-state index contributed by atoms with van der Waals surface area (Å²) in [7, 11) is 1.98. The van der Waals surface area contributed by atoms with E-state index in [2.05, 4.69) is 30.1 Å². The van der Waals surface area contributed by atoms with Crippen LogP contribution in [0.1, 0.15) is 32.3 Å². The van der Waals surface area contributed by atoms with Crippen LogP contribution in [0, 0.1) is 5.92 Å². The monoisotopic (exact) mass is 266 g/mol. The summed E-state index contributed by atoms with van der Waals surface area (Å²) in [4.78, 5) is 2.46. The number of anilines is 1. The van der Waals surface area contributed by atoms with Crippen molar-refractivity contribution >= 4 is 17.3 Å². The van der Waals surface area contributed by atoms with E-state index in [-0.39, 0.29) is 0 Å². The lowest BCUT2D eigenvalue weighted by molar-refractivity contribution is 0.639. The Morgan fingerprint density at radius 1 is 1.39 bits per heavy atom. The van der Waals surface area contributed by atoms with Crippen LogP contribution >= 0.6 is 11.6 Å². The number of para-hydroxylation sites is 1. The number of hydrogen-bond acceptors (Lipinski definition) is 2. The molecule has 0 atom stereocenters. The van der Waals surface area contributed by atoms with Crippen LogP contribution in [-0.4, -0.2) is 19.6 Å². The van der Waals surface area contributed by atoms with E-state index < -0.39 is 0 Å². The molecule has 0 heterocycles. The summed E-state index contributed by atoms with van der Waals surface area (Å²) in [6, 6.07) is 6.69. The first-order valence-electron chi connectivity index (χ1n) is 6.82. The fourth-order valence-electron chi connectivity index (χ4n) is 2.35. The third-order valence-electron chi connectivity index (χ3n) is 3.50. The first kappa shape index (κ1) is 13.7. The molecule has 1 aromatic rings. The highest BCUT2D eigenvalue weighted by molar-refractivity contribution is 6.33. The van der Waals surface area contributed by atoms with Crippen LogP contribution in [0.25, 0.3) is 0 Å². The molecule has 18 heavy (non-hydrogen) atoms. The van der Waals surface area contributed by atoms with Crippen LogP contribution < -0.4 is 10.2 Å². The summed E-state index contributed by atoms with van der Waals surface area (Å²) in [6.45, 7) is 6.49. The molecule has 1 aliphatic rings. The number of hydrogen-bond donors (Lipinski definition) is 1. The van der Waals surface area contributed by atoms with E-state index in [1.807, 2.05) is 19.2 Å². The highest BCUT2D eigenvalue weighted by atomic mass is 35.5. The van der Waals surface area contributed by atoms with E-state index in [0.717, 1.165) is 24.0 Å². The molecule has 0 bridgehead atoms. The molecule has 1 aromatic carbocycles. The lowest BCUT2D eigenvalue weighted by Gasteiger charge is -2.32. The highest BCUT2D eigenvalue weighted by Crippen LogP contribution is 2.36. The fraction of sp³-hybridized carbons (Fsp3) is 0.600. The smallest absolute Gasteiger partial charge is 0.0643 e. The maximum atomic E-state index is 6.44. The average molecular weight is 267 g/mol. The molecule has 0 amide bonds. The van der Waals surface area contributed by atoms with Gasteiger partial charge in [-0.05, 0) is 51.3 Å². The van der Waals surface area contributed by atoms with Gasteiger partial charge in [0.2, 0.25) is 0 Å². The van der Waals surface area contributed by atoms with Gasteiger partial charge in [0.25, 0.3) is 0 Å². The van der Waals surface area contributed by atoms with Crippen molar-refractivity contribution in [2.75, 3.05) is 18.5 Å². The van der Waals surface area contributed by atoms with Crippen LogP contribution in [0.5, 0.6) is 0 Å². The summed E-state index contributed by atoms with van der Waals surface area (Å²) in [5.41, 5.74) is 2.51. The van der Waals surface area contributed by atoms with Crippen molar-refractivity contribution in [3.63, 3.8) is 0 Å². The molecule has 1 N–H and O–H groups in total. The lowest BCUT2D eigenvalue weighted by Crippen LogP contribution is -2.34. The van der Waals surface area contributed by atoms with Gasteiger partial charge in [-0.25, -0.2) is 0 Å². The minimum absolute atomic E-state index is 0.487. The molecule has 0 radical (unpaired) electrons. The molecule has 0 saturated heterocycles. The van der Waals surface area contributed by atoms with Crippen molar-refractivity contribution in [1.29, 1.82) is 0 Å². The second kappa shape index (κ2) is 5.94. The number of halogens is 1. The van der Waals surface area contributed by atoms with Gasteiger partial charge >= 0.3 is 0 Å². The van der Waals surface area contributed by atoms with Gasteiger partial charge < -0.3 is 10.2 Å². The van der Waals surface area contributed by atoms with Gasteiger partial charge in [0.15, 0.2) is 0 Å². The largest absolute Gasteiger partial charge is 0.367 e. The Morgan fingerprint density at radius 2 is 2.11 bits per heavy atom. The normalized spacial score (nSPS) is 15.2. The molecule has 1 aliphatic carbocycles. The SMILES string of the molecule is CNCc1cccc(Cl)c1N(CC1CC1)C(C)C. The van der Waals surface area contributed by atoms with Gasteiger partial charge in [-0.2, -0.15) is 0 Å². The second-order valence-electron chi connectivity index (χ2n) is 5.47. The Balaban J connectivity index is 2.31. The molecule has 100 valence electrons. The molecule has 0 aromatic heterocycles. The third kappa shape index (κ3) is 3.18. The fourth-order valence-corrected chi connectivity index (χ4v) is 2.66. The zero-order valence-corrected chi connectivity index (χ0v) is 12.3. The molecular weight excluding hydrogens is 244 g/mol. The molecule has 3 heteroatoms. The molecule has 2 nitrogen and oxygen atoms in total. The predicted molar refractivity (Wildman–Crippen MR) is 79.4 cm³/mol. The van der Waals surface area contributed by atoms with Gasteiger partial charge in [-0.3, -0.25) is 0 Å². The van der Waals surface area contributed by atoms with E-state index in [4.69, 9.17) is 11.6 Å². The van der Waals surface area contributed by atoms with Gasteiger partial charge in [0, 0.05) is 19.1 Å². The zero-order valence-electron chi connectivity index (χ0n) is 11.5. The summed E-state index contributed by atoms with van der Waals surface area (Å²) in [6.07, 6.45) is 2.74. The Morgan fingerprint density at radius 3 is 2.67 bits per heavy atom. The molecule has 1 saturated carbocycles. The summed E-state index contributed by atoms with van der Waals surface area (Å²) < 4.78 is 0. The summed E-state index contributed by atoms with van der Waals surface area (Å²) in [5, 5.41) is 4.10. The first-order valence-corrected chi connectivity index (χ1v) is 7.20. The predicted octanol–water partition coefficient (Wildman–Crippen LogP) is 3.68. The topological polar surface area (TPSA) is 15.3 Å². The van der Waals surface area contributed by atoms with Crippen molar-refractivity contribution in [1.82, 2.24) is 5.32 Å². The number of nitrogens with zero attached hydrogens (tertiary/aromatic N) is 1. The molecule has 2 rings (SSSR count). The Hall–Kier alpha value is -0.730. The average Bonchev–Trinajstić information content (AvgIpc) is 3.11. The van der Waals surface area contributed by atoms with Crippen LogP contribution in [0.15, 0.2) is 18.2 Å². The van der Waals surface area contributed by atoms with Gasteiger partial charge in [0.1, 0.15) is 0 Å². The van der Waals surface area contributed by atoms with Crippen molar-refractivity contribution in [2.45, 2.75) is 39.3 Å². The van der Waals surface area contributed by atoms with Crippen molar-refractivity contribution in [3.05, 3.63) is 28.8 Å². The zero-order chi connectivity index (χ0) is 13.1. The molecular formula is C15H23ClN2. The maximum Gasteiger partial charge on any atom is 0.0643 e. The second-order valence-corrected chi connectivity index (χ2v) is 5.87. The highest BCUT2D eigenvalue weighted by Gasteiger charge is 2.27. The molecule has 0 aliphatic heterocycles. The Labute approximate surface area is 115 Å². The van der Waals surface area contributed by atoms with Crippen LogP contribution in [0.3, 0.4) is 0 Å². The number of nitrogens with one attached hydrogen (secondary N) is 1. The third-order valence-corrected chi connectivity index (χ3v) is 3.80. The lowest BCUT2D eigenvalue weighted by atomic mass is 10.1. The molecule has 1 fully saturated rings. The van der Waals surface area contributed by atoms with Gasteiger partial charge in [-0.15, -0.1) is 0 Å². The van der Waals surface area contributed by atoms with Crippen LogP contribution in [0.2, 0.25) is 5.02 Å². The van der Waals surface area contributed by atoms with Crippen molar-refractivity contribution in [3.8, 4) is 0 Å². The van der Waals surface area contributed by atoms with E-state index in [1.54, 1.807) is 0 Å². The van der Waals surface area contributed by atoms with E-state index in [1.165, 1.54) is 24.1 Å². The quantitative estimate of drug-likeness (QED) is 0.845. The van der Waals surface area contributed by atoms with Crippen LogP contribution in [-0.2, 0) is 6.54 Å². The molecule has 0 spiro atoms. The summed E-state index contributed by atoms with van der Waals surface area (Å²) >= 11 is 6.44. The number of benzene rings is 1. The van der Waals surface area contributed by atoms with Gasteiger partial charge in [-0.1, -0.05) is 23.7 Å². The van der Waals surface area contributed by atoms with Gasteiger partial charge in [0.05, 0.1) is 10.7 Å². The molecule has 0 unspecified atom stereocenters. The van der Waals surface area contributed by atoms with Crippen molar-refractivity contribution in [2.24, 2.45) is 5.92 Å². The van der Waals surface area contributed by atoms with E-state index in [0.29, 0.717) is 6.04 Å². The minimum atomic E-state index is 0.487. The first-order chi connectivity index (χ1) is 8.63. The van der Waals surface area contributed by atoms with Crippen LogP contribution in [0.4, 0.5) is 5.69 Å². The van der Waals surface area contributed by atoms with Crippen molar-refractivity contribution < 1.29 is 0 Å². The number of rotatable bonds is 6.